The largest absolute Gasteiger partial charge is 0.453 e. The van der Waals surface area contributed by atoms with Crippen molar-refractivity contribution in [1.82, 2.24) is 14.9 Å². The number of thioether (sulfide) groups is 1. The predicted molar refractivity (Wildman–Crippen MR) is 82.4 cm³/mol. The number of nitrogen functional groups attached to an aromatic ring is 1. The highest BCUT2D eigenvalue weighted by molar-refractivity contribution is 7.99. The molecule has 1 aromatic carbocycles. The fourth-order valence-electron chi connectivity index (χ4n) is 1.84. The van der Waals surface area contributed by atoms with Gasteiger partial charge in [-0.3, -0.25) is 14.9 Å². The van der Waals surface area contributed by atoms with Crippen molar-refractivity contribution in [2.24, 2.45) is 0 Å². The lowest BCUT2D eigenvalue weighted by Crippen LogP contribution is -2.22. The van der Waals surface area contributed by atoms with Gasteiger partial charge in [0.05, 0.1) is 21.9 Å². The third-order valence-corrected chi connectivity index (χ3v) is 3.97. The quantitative estimate of drug-likeness (QED) is 0.353. The van der Waals surface area contributed by atoms with Gasteiger partial charge in [-0.15, -0.1) is 10.2 Å². The molecule has 25 heavy (non-hydrogen) atoms. The maximum atomic E-state index is 12.5. The van der Waals surface area contributed by atoms with Crippen LogP contribution in [0.3, 0.4) is 0 Å². The Morgan fingerprint density at radius 2 is 2.12 bits per heavy atom. The molecule has 1 amide bonds. The van der Waals surface area contributed by atoms with Crippen molar-refractivity contribution in [1.29, 1.82) is 0 Å². The molecule has 2 rings (SSSR count). The van der Waals surface area contributed by atoms with Crippen molar-refractivity contribution in [2.75, 3.05) is 16.9 Å². The number of hydrogen-bond acceptors (Lipinski definition) is 7. The van der Waals surface area contributed by atoms with Gasteiger partial charge in [0.1, 0.15) is 0 Å². The smallest absolute Gasteiger partial charge is 0.335 e. The molecule has 1 aromatic heterocycles. The zero-order valence-electron chi connectivity index (χ0n) is 12.6. The van der Waals surface area contributed by atoms with Crippen LogP contribution in [0.1, 0.15) is 11.4 Å². The second-order valence-corrected chi connectivity index (χ2v) is 5.66. The van der Waals surface area contributed by atoms with E-state index >= 15 is 0 Å². The lowest BCUT2D eigenvalue weighted by Gasteiger charge is -2.08. The summed E-state index contributed by atoms with van der Waals surface area (Å²) in [6.07, 6.45) is -4.76. The molecule has 0 aliphatic heterocycles. The van der Waals surface area contributed by atoms with Crippen molar-refractivity contribution >= 4 is 29.0 Å². The maximum absolute atomic E-state index is 12.5. The standard InChI is InChI=1S/C12H11F3N6O3S/c1-6-7(3-2-4-8(6)21(23)24)17-9(22)5-25-11-19-18-10(20(11)16)12(13,14)15/h2-4H,5,16H2,1H3,(H,17,22). The molecule has 0 atom stereocenters. The number of nitrogens with two attached hydrogens (primary N) is 1. The summed E-state index contributed by atoms with van der Waals surface area (Å²) in [5.74, 6) is 2.96. The van der Waals surface area contributed by atoms with E-state index in [2.05, 4.69) is 15.5 Å². The normalized spacial score (nSPS) is 11.4. The number of carbonyl (C=O) groups is 1. The Hall–Kier alpha value is -2.83. The molecule has 1 heterocycles. The second kappa shape index (κ2) is 6.96. The molecule has 0 unspecified atom stereocenters. The summed E-state index contributed by atoms with van der Waals surface area (Å²) >= 11 is 0.646. The van der Waals surface area contributed by atoms with Gasteiger partial charge >= 0.3 is 6.18 Å². The Morgan fingerprint density at radius 3 is 2.68 bits per heavy atom. The van der Waals surface area contributed by atoms with Crippen molar-refractivity contribution in [3.63, 3.8) is 0 Å². The number of halogens is 3. The Bertz CT molecular complexity index is 823. The molecule has 9 nitrogen and oxygen atoms in total. The fraction of sp³-hybridized carbons (Fsp3) is 0.250. The molecule has 0 bridgehead atoms. The Kier molecular flexibility index (Phi) is 5.15. The average Bonchev–Trinajstić information content (AvgIpc) is 2.88. The minimum absolute atomic E-state index is 0.165. The summed E-state index contributed by atoms with van der Waals surface area (Å²) in [6, 6.07) is 4.16. The number of benzene rings is 1. The van der Waals surface area contributed by atoms with Crippen LogP contribution in [0.5, 0.6) is 0 Å². The highest BCUT2D eigenvalue weighted by Gasteiger charge is 2.38. The van der Waals surface area contributed by atoms with E-state index in [1.165, 1.54) is 25.1 Å². The maximum Gasteiger partial charge on any atom is 0.453 e. The van der Waals surface area contributed by atoms with Gasteiger partial charge in [-0.05, 0) is 13.0 Å². The Morgan fingerprint density at radius 1 is 1.44 bits per heavy atom. The fourth-order valence-corrected chi connectivity index (χ4v) is 2.50. The van der Waals surface area contributed by atoms with E-state index in [0.29, 0.717) is 11.8 Å². The van der Waals surface area contributed by atoms with Crippen molar-refractivity contribution in [3.05, 3.63) is 39.7 Å². The summed E-state index contributed by atoms with van der Waals surface area (Å²) in [5, 5.41) is 19.2. The van der Waals surface area contributed by atoms with Gasteiger partial charge in [-0.25, -0.2) is 4.68 Å². The van der Waals surface area contributed by atoms with Crippen LogP contribution < -0.4 is 11.2 Å². The van der Waals surface area contributed by atoms with E-state index in [1.807, 2.05) is 0 Å². The third-order valence-electron chi connectivity index (χ3n) is 3.03. The predicted octanol–water partition coefficient (Wildman–Crippen LogP) is 1.96. The molecule has 0 spiro atoms. The Balaban J connectivity index is 2.04. The van der Waals surface area contributed by atoms with Crippen molar-refractivity contribution < 1.29 is 22.9 Å². The molecule has 2 aromatic rings. The summed E-state index contributed by atoms with van der Waals surface area (Å²) < 4.78 is 37.9. The first-order chi connectivity index (χ1) is 11.6. The van der Waals surface area contributed by atoms with Crippen molar-refractivity contribution in [2.45, 2.75) is 18.3 Å². The summed E-state index contributed by atoms with van der Waals surface area (Å²) in [4.78, 5) is 22.2. The van der Waals surface area contributed by atoms with Crippen LogP contribution in [-0.4, -0.2) is 31.5 Å². The van der Waals surface area contributed by atoms with Gasteiger partial charge in [0.15, 0.2) is 0 Å². The van der Waals surface area contributed by atoms with Crippen LogP contribution in [0.4, 0.5) is 24.5 Å². The van der Waals surface area contributed by atoms with Gasteiger partial charge in [0, 0.05) is 6.07 Å². The monoisotopic (exact) mass is 376 g/mol. The molecule has 0 saturated heterocycles. The van der Waals surface area contributed by atoms with Crippen LogP contribution in [0.2, 0.25) is 0 Å². The van der Waals surface area contributed by atoms with Gasteiger partial charge in [-0.1, -0.05) is 17.8 Å². The zero-order chi connectivity index (χ0) is 18.8. The molecule has 0 radical (unpaired) electrons. The van der Waals surface area contributed by atoms with E-state index in [4.69, 9.17) is 5.84 Å². The lowest BCUT2D eigenvalue weighted by atomic mass is 10.1. The minimum Gasteiger partial charge on any atom is -0.335 e. The van der Waals surface area contributed by atoms with E-state index < -0.39 is 22.8 Å². The number of hydrogen-bond donors (Lipinski definition) is 2. The summed E-state index contributed by atoms with van der Waals surface area (Å²) in [7, 11) is 0. The third kappa shape index (κ3) is 4.17. The van der Waals surface area contributed by atoms with E-state index in [9.17, 15) is 28.1 Å². The second-order valence-electron chi connectivity index (χ2n) is 4.72. The molecule has 0 saturated carbocycles. The van der Waals surface area contributed by atoms with Crippen LogP contribution in [-0.2, 0) is 11.0 Å². The van der Waals surface area contributed by atoms with E-state index in [1.54, 1.807) is 0 Å². The van der Waals surface area contributed by atoms with Crippen LogP contribution in [0.25, 0.3) is 0 Å². The molecule has 13 heteroatoms. The average molecular weight is 376 g/mol. The number of amides is 1. The number of nitrogens with one attached hydrogen (secondary N) is 1. The molecular formula is C12H11F3N6O3S. The summed E-state index contributed by atoms with van der Waals surface area (Å²) in [5.41, 5.74) is 0.319. The number of aromatic nitrogens is 3. The zero-order valence-corrected chi connectivity index (χ0v) is 13.4. The highest BCUT2D eigenvalue weighted by Crippen LogP contribution is 2.29. The lowest BCUT2D eigenvalue weighted by molar-refractivity contribution is -0.385. The van der Waals surface area contributed by atoms with Crippen molar-refractivity contribution in [3.8, 4) is 0 Å². The number of alkyl halides is 3. The molecule has 0 aliphatic carbocycles. The van der Waals surface area contributed by atoms with Gasteiger partial charge in [0.2, 0.25) is 11.1 Å². The molecule has 0 fully saturated rings. The van der Waals surface area contributed by atoms with Crippen LogP contribution >= 0.6 is 11.8 Å². The van der Waals surface area contributed by atoms with Crippen LogP contribution in [0.15, 0.2) is 23.4 Å². The summed E-state index contributed by atoms with van der Waals surface area (Å²) in [6.45, 7) is 1.47. The number of nitrogens with zero attached hydrogens (tertiary/aromatic N) is 4. The van der Waals surface area contributed by atoms with E-state index in [-0.39, 0.29) is 32.5 Å². The van der Waals surface area contributed by atoms with Gasteiger partial charge in [-0.2, -0.15) is 13.2 Å². The first kappa shape index (κ1) is 18.5. The number of rotatable bonds is 5. The SMILES string of the molecule is Cc1c(NC(=O)CSc2nnc(C(F)(F)F)n2N)cccc1[N+](=O)[O-]. The number of carbonyl (C=O) groups excluding carboxylic acids is 1. The molecule has 3 N–H and O–H groups in total. The van der Waals surface area contributed by atoms with Gasteiger partial charge < -0.3 is 11.2 Å². The first-order valence-corrected chi connectivity index (χ1v) is 7.54. The molecule has 0 aliphatic rings. The van der Waals surface area contributed by atoms with Gasteiger partial charge in [0.25, 0.3) is 11.5 Å². The molecular weight excluding hydrogens is 365 g/mol. The van der Waals surface area contributed by atoms with E-state index in [0.717, 1.165) is 0 Å². The minimum atomic E-state index is -4.76. The molecule has 134 valence electrons. The number of nitro groups is 1. The topological polar surface area (TPSA) is 129 Å². The first-order valence-electron chi connectivity index (χ1n) is 6.55. The highest BCUT2D eigenvalue weighted by atomic mass is 32.2. The Labute approximate surface area is 142 Å². The van der Waals surface area contributed by atoms with Crippen LogP contribution in [0, 0.1) is 17.0 Å². The number of anilines is 1. The number of nitro benzene ring substituents is 1.